The van der Waals surface area contributed by atoms with Gasteiger partial charge in [0.2, 0.25) is 0 Å². The number of aliphatic carboxylic acids is 1. The molecule has 0 saturated heterocycles. The highest BCUT2D eigenvalue weighted by Gasteiger charge is 2.19. The molecule has 0 aliphatic rings. The molecule has 1 atom stereocenters. The third kappa shape index (κ3) is 3.37. The first kappa shape index (κ1) is 13.3. The van der Waals surface area contributed by atoms with E-state index in [4.69, 9.17) is 28.3 Å². The fraction of sp³-hybridized carbons (Fsp3) is 0.364. The molecule has 3 nitrogen and oxygen atoms in total. The lowest BCUT2D eigenvalue weighted by Gasteiger charge is -2.14. The third-order valence-corrected chi connectivity index (χ3v) is 2.86. The normalized spacial score (nSPS) is 12.4. The van der Waals surface area contributed by atoms with Gasteiger partial charge in [0.25, 0.3) is 0 Å². The van der Waals surface area contributed by atoms with Gasteiger partial charge in [-0.15, -0.1) is 0 Å². The number of carbonyl (C=O) groups is 1. The Balaban J connectivity index is 2.92. The molecule has 1 rings (SSSR count). The zero-order valence-electron chi connectivity index (χ0n) is 8.84. The summed E-state index contributed by atoms with van der Waals surface area (Å²) in [4.78, 5) is 11.1. The molecule has 16 heavy (non-hydrogen) atoms. The minimum atomic E-state index is -0.924. The molecule has 1 unspecified atom stereocenters. The van der Waals surface area contributed by atoms with Crippen LogP contribution in [0.4, 0.5) is 0 Å². The van der Waals surface area contributed by atoms with Crippen LogP contribution in [0.2, 0.25) is 10.0 Å². The number of halogens is 2. The van der Waals surface area contributed by atoms with E-state index in [1.807, 2.05) is 6.92 Å². The molecule has 0 bridgehead atoms. The van der Waals surface area contributed by atoms with Crippen molar-refractivity contribution >= 4 is 29.2 Å². The number of benzene rings is 1. The number of nitrogens with one attached hydrogen (secondary N) is 1. The number of carboxylic acids is 1. The van der Waals surface area contributed by atoms with E-state index < -0.39 is 12.0 Å². The molecule has 5 heteroatoms. The molecular weight excluding hydrogens is 249 g/mol. The van der Waals surface area contributed by atoms with Crippen molar-refractivity contribution < 1.29 is 9.90 Å². The molecule has 0 aliphatic heterocycles. The maximum absolute atomic E-state index is 11.1. The van der Waals surface area contributed by atoms with Crippen LogP contribution in [-0.4, -0.2) is 17.6 Å². The van der Waals surface area contributed by atoms with Gasteiger partial charge in [-0.2, -0.15) is 0 Å². The summed E-state index contributed by atoms with van der Waals surface area (Å²) in [5.41, 5.74) is 0.607. The Hall–Kier alpha value is -0.770. The second-order valence-corrected chi connectivity index (χ2v) is 4.21. The summed E-state index contributed by atoms with van der Waals surface area (Å²) >= 11 is 11.6. The van der Waals surface area contributed by atoms with Gasteiger partial charge in [0.05, 0.1) is 10.0 Å². The zero-order valence-corrected chi connectivity index (χ0v) is 10.3. The molecule has 2 N–H and O–H groups in total. The van der Waals surface area contributed by atoms with E-state index in [-0.39, 0.29) is 0 Å². The highest BCUT2D eigenvalue weighted by molar-refractivity contribution is 6.42. The molecular formula is C11H13Cl2NO2. The number of carboxylic acid groups (broad SMARTS) is 1. The van der Waals surface area contributed by atoms with Crippen LogP contribution in [0.1, 0.15) is 24.9 Å². The van der Waals surface area contributed by atoms with E-state index in [9.17, 15) is 4.79 Å². The Morgan fingerprint density at radius 1 is 1.44 bits per heavy atom. The van der Waals surface area contributed by atoms with E-state index in [2.05, 4.69) is 5.32 Å². The average molecular weight is 262 g/mol. The van der Waals surface area contributed by atoms with Gasteiger partial charge in [-0.3, -0.25) is 4.79 Å². The van der Waals surface area contributed by atoms with E-state index >= 15 is 0 Å². The topological polar surface area (TPSA) is 49.3 Å². The maximum atomic E-state index is 11.1. The molecule has 0 amide bonds. The smallest absolute Gasteiger partial charge is 0.325 e. The van der Waals surface area contributed by atoms with Gasteiger partial charge < -0.3 is 10.4 Å². The van der Waals surface area contributed by atoms with Crippen molar-refractivity contribution in [1.82, 2.24) is 5.32 Å². The Labute approximate surface area is 104 Å². The van der Waals surface area contributed by atoms with Gasteiger partial charge in [-0.05, 0) is 30.7 Å². The second kappa shape index (κ2) is 6.09. The lowest BCUT2D eigenvalue weighted by atomic mass is 10.1. The molecule has 88 valence electrons. The summed E-state index contributed by atoms with van der Waals surface area (Å²) in [6.07, 6.45) is 0.866. The molecule has 0 radical (unpaired) electrons. The highest BCUT2D eigenvalue weighted by Crippen LogP contribution is 2.25. The predicted octanol–water partition coefficient (Wildman–Crippen LogP) is 3.12. The van der Waals surface area contributed by atoms with Crippen LogP contribution in [0.5, 0.6) is 0 Å². The summed E-state index contributed by atoms with van der Waals surface area (Å²) < 4.78 is 0. The fourth-order valence-corrected chi connectivity index (χ4v) is 1.63. The van der Waals surface area contributed by atoms with Crippen LogP contribution in [0.3, 0.4) is 0 Å². The largest absolute Gasteiger partial charge is 0.480 e. The highest BCUT2D eigenvalue weighted by atomic mass is 35.5. The van der Waals surface area contributed by atoms with Crippen molar-refractivity contribution in [2.75, 3.05) is 6.54 Å². The fourth-order valence-electron chi connectivity index (χ4n) is 1.33. The Morgan fingerprint density at radius 2 is 2.12 bits per heavy atom. The SMILES string of the molecule is CCCNC(C(=O)O)c1ccc(Cl)c(Cl)c1. The average Bonchev–Trinajstić information content (AvgIpc) is 2.23. The molecule has 0 heterocycles. The maximum Gasteiger partial charge on any atom is 0.325 e. The standard InChI is InChI=1S/C11H13Cl2NO2/c1-2-5-14-10(11(15)16)7-3-4-8(12)9(13)6-7/h3-4,6,10,14H,2,5H2,1H3,(H,15,16). The molecule has 0 fully saturated rings. The van der Waals surface area contributed by atoms with Crippen molar-refractivity contribution in [3.63, 3.8) is 0 Å². The second-order valence-electron chi connectivity index (χ2n) is 3.40. The summed E-state index contributed by atoms with van der Waals surface area (Å²) in [5, 5.41) is 12.8. The van der Waals surface area contributed by atoms with Crippen molar-refractivity contribution in [2.45, 2.75) is 19.4 Å². The Kier molecular flexibility index (Phi) is 5.06. The van der Waals surface area contributed by atoms with Crippen LogP contribution in [0, 0.1) is 0 Å². The number of hydrogen-bond acceptors (Lipinski definition) is 2. The van der Waals surface area contributed by atoms with Crippen LogP contribution in [0.25, 0.3) is 0 Å². The van der Waals surface area contributed by atoms with Crippen molar-refractivity contribution in [1.29, 1.82) is 0 Å². The Morgan fingerprint density at radius 3 is 2.62 bits per heavy atom. The van der Waals surface area contributed by atoms with E-state index in [0.29, 0.717) is 22.2 Å². The van der Waals surface area contributed by atoms with Gasteiger partial charge in [0.15, 0.2) is 0 Å². The number of hydrogen-bond donors (Lipinski definition) is 2. The first-order valence-electron chi connectivity index (χ1n) is 4.97. The monoisotopic (exact) mass is 261 g/mol. The van der Waals surface area contributed by atoms with Crippen LogP contribution >= 0.6 is 23.2 Å². The third-order valence-electron chi connectivity index (χ3n) is 2.12. The van der Waals surface area contributed by atoms with Crippen LogP contribution in [0.15, 0.2) is 18.2 Å². The van der Waals surface area contributed by atoms with Gasteiger partial charge in [0.1, 0.15) is 6.04 Å². The Bertz CT molecular complexity index is 382. The van der Waals surface area contributed by atoms with Crippen LogP contribution in [-0.2, 0) is 4.79 Å². The van der Waals surface area contributed by atoms with Crippen molar-refractivity contribution in [2.24, 2.45) is 0 Å². The van der Waals surface area contributed by atoms with Crippen molar-refractivity contribution in [3.05, 3.63) is 33.8 Å². The molecule has 1 aromatic carbocycles. The minimum absolute atomic E-state index is 0.365. The van der Waals surface area contributed by atoms with Crippen molar-refractivity contribution in [3.8, 4) is 0 Å². The van der Waals surface area contributed by atoms with Gasteiger partial charge in [-0.25, -0.2) is 0 Å². The van der Waals surface area contributed by atoms with E-state index in [1.165, 1.54) is 0 Å². The summed E-state index contributed by atoms with van der Waals surface area (Å²) in [6.45, 7) is 2.61. The first-order valence-corrected chi connectivity index (χ1v) is 5.73. The van der Waals surface area contributed by atoms with Crippen LogP contribution < -0.4 is 5.32 Å². The zero-order chi connectivity index (χ0) is 12.1. The molecule has 0 saturated carbocycles. The molecule has 0 spiro atoms. The minimum Gasteiger partial charge on any atom is -0.480 e. The summed E-state index contributed by atoms with van der Waals surface area (Å²) in [6, 6.07) is 4.10. The van der Waals surface area contributed by atoms with E-state index in [0.717, 1.165) is 6.42 Å². The van der Waals surface area contributed by atoms with Gasteiger partial charge in [-0.1, -0.05) is 36.2 Å². The lowest BCUT2D eigenvalue weighted by molar-refractivity contribution is -0.139. The van der Waals surface area contributed by atoms with E-state index in [1.54, 1.807) is 18.2 Å². The first-order chi connectivity index (χ1) is 7.56. The van der Waals surface area contributed by atoms with Gasteiger partial charge in [0, 0.05) is 0 Å². The number of rotatable bonds is 5. The lowest BCUT2D eigenvalue weighted by Crippen LogP contribution is -2.29. The quantitative estimate of drug-likeness (QED) is 0.857. The predicted molar refractivity (Wildman–Crippen MR) is 65.1 cm³/mol. The van der Waals surface area contributed by atoms with Gasteiger partial charge >= 0.3 is 5.97 Å². The molecule has 1 aromatic rings. The summed E-state index contributed by atoms with van der Waals surface area (Å²) in [5.74, 6) is -0.924. The molecule has 0 aliphatic carbocycles. The molecule has 0 aromatic heterocycles. The summed E-state index contributed by atoms with van der Waals surface area (Å²) in [7, 11) is 0.